The third-order valence-electron chi connectivity index (χ3n) is 7.71. The quantitative estimate of drug-likeness (QED) is 0.136. The second kappa shape index (κ2) is 13.0. The number of hydrogen-bond donors (Lipinski definition) is 0. The van der Waals surface area contributed by atoms with Gasteiger partial charge in [-0.05, 0) is 89.0 Å². The number of hydrogen-bond acceptors (Lipinski definition) is 7. The van der Waals surface area contributed by atoms with Gasteiger partial charge < -0.3 is 14.2 Å². The summed E-state index contributed by atoms with van der Waals surface area (Å²) in [5, 5.41) is 2.30. The molecule has 6 rings (SSSR count). The van der Waals surface area contributed by atoms with Crippen LogP contribution in [-0.4, -0.2) is 24.3 Å². The standard InChI is InChI=1S/C36H31IN2O5S/c1-5-43-35(41)31-22(3)38-36-39(32(31)25-15-13-21(2)14-16-25)34(40)30(45-36)19-23-17-28(37)33(29(18-23)42-4)44-20-26-11-8-10-24-9-6-7-12-27(24)26/h6-19,32H,5,20H2,1-4H3/b30-19-/t32-/m0/s1. The van der Waals surface area contributed by atoms with Crippen LogP contribution in [0.25, 0.3) is 16.8 Å². The Balaban J connectivity index is 1.39. The number of carbonyl (C=O) groups is 1. The molecule has 0 aliphatic carbocycles. The fourth-order valence-electron chi connectivity index (χ4n) is 5.54. The number of nitrogens with zero attached hydrogens (tertiary/aromatic N) is 2. The van der Waals surface area contributed by atoms with E-state index in [1.54, 1.807) is 25.5 Å². The van der Waals surface area contributed by atoms with E-state index in [2.05, 4.69) is 51.8 Å². The zero-order chi connectivity index (χ0) is 31.7. The van der Waals surface area contributed by atoms with E-state index in [1.807, 2.05) is 67.6 Å². The molecule has 0 spiro atoms. The molecule has 0 saturated heterocycles. The van der Waals surface area contributed by atoms with Crippen molar-refractivity contribution in [1.29, 1.82) is 0 Å². The fourth-order valence-corrected chi connectivity index (χ4v) is 7.37. The van der Waals surface area contributed by atoms with Crippen LogP contribution in [0.5, 0.6) is 11.5 Å². The maximum Gasteiger partial charge on any atom is 0.338 e. The van der Waals surface area contributed by atoms with Crippen LogP contribution >= 0.6 is 33.9 Å². The Morgan fingerprint density at radius 2 is 1.80 bits per heavy atom. The predicted molar refractivity (Wildman–Crippen MR) is 186 cm³/mol. The number of thiazole rings is 1. The molecule has 7 nitrogen and oxygen atoms in total. The largest absolute Gasteiger partial charge is 0.493 e. The number of esters is 1. The number of carbonyl (C=O) groups excluding carboxylic acids is 1. The minimum atomic E-state index is -0.650. The van der Waals surface area contributed by atoms with Crippen LogP contribution in [0, 0.1) is 10.5 Å². The lowest BCUT2D eigenvalue weighted by atomic mass is 9.95. The van der Waals surface area contributed by atoms with Crippen LogP contribution in [0.4, 0.5) is 0 Å². The van der Waals surface area contributed by atoms with E-state index in [0.29, 0.717) is 38.7 Å². The molecule has 5 aromatic rings. The minimum Gasteiger partial charge on any atom is -0.493 e. The van der Waals surface area contributed by atoms with Crippen LogP contribution in [-0.2, 0) is 16.1 Å². The molecule has 0 radical (unpaired) electrons. The van der Waals surface area contributed by atoms with Crippen LogP contribution in [0.15, 0.2) is 99.9 Å². The third-order valence-corrected chi connectivity index (χ3v) is 9.50. The average Bonchev–Trinajstić information content (AvgIpc) is 3.33. The Kier molecular flexibility index (Phi) is 8.91. The Morgan fingerprint density at radius 1 is 1.04 bits per heavy atom. The van der Waals surface area contributed by atoms with Gasteiger partial charge in [-0.1, -0.05) is 83.6 Å². The molecule has 0 saturated carbocycles. The molecule has 0 unspecified atom stereocenters. The highest BCUT2D eigenvalue weighted by atomic mass is 127. The summed E-state index contributed by atoms with van der Waals surface area (Å²) in [6.45, 7) is 6.15. The fraction of sp³-hybridized carbons (Fsp3) is 0.194. The van der Waals surface area contributed by atoms with Crippen molar-refractivity contribution in [3.8, 4) is 11.5 Å². The van der Waals surface area contributed by atoms with Gasteiger partial charge in [0.05, 0.1) is 39.1 Å². The van der Waals surface area contributed by atoms with E-state index in [1.165, 1.54) is 11.3 Å². The Morgan fingerprint density at radius 3 is 2.56 bits per heavy atom. The molecule has 1 aliphatic heterocycles. The average molecular weight is 731 g/mol. The molecule has 2 heterocycles. The molecule has 0 amide bonds. The molecule has 0 fully saturated rings. The van der Waals surface area contributed by atoms with Gasteiger partial charge in [0.25, 0.3) is 5.56 Å². The molecular weight excluding hydrogens is 699 g/mol. The number of halogens is 1. The molecule has 228 valence electrons. The lowest BCUT2D eigenvalue weighted by Gasteiger charge is -2.24. The van der Waals surface area contributed by atoms with Gasteiger partial charge in [-0.25, -0.2) is 9.79 Å². The van der Waals surface area contributed by atoms with Crippen molar-refractivity contribution in [1.82, 2.24) is 4.57 Å². The van der Waals surface area contributed by atoms with Crippen molar-refractivity contribution in [3.05, 3.63) is 136 Å². The number of benzene rings is 4. The first kappa shape index (κ1) is 30.8. The number of aryl methyl sites for hydroxylation is 1. The first-order valence-corrected chi connectivity index (χ1v) is 16.4. The molecule has 4 aromatic carbocycles. The maximum atomic E-state index is 14.0. The summed E-state index contributed by atoms with van der Waals surface area (Å²) < 4.78 is 20.4. The van der Waals surface area contributed by atoms with Gasteiger partial charge in [0.2, 0.25) is 0 Å². The molecule has 0 N–H and O–H groups in total. The molecule has 9 heteroatoms. The number of fused-ring (bicyclic) bond motifs is 2. The molecule has 45 heavy (non-hydrogen) atoms. The topological polar surface area (TPSA) is 79.1 Å². The Labute approximate surface area is 278 Å². The van der Waals surface area contributed by atoms with Crippen molar-refractivity contribution >= 4 is 56.7 Å². The van der Waals surface area contributed by atoms with Gasteiger partial charge in [-0.2, -0.15) is 0 Å². The summed E-state index contributed by atoms with van der Waals surface area (Å²) in [7, 11) is 1.61. The molecular formula is C36H31IN2O5S. The van der Waals surface area contributed by atoms with Gasteiger partial charge in [-0.15, -0.1) is 0 Å². The van der Waals surface area contributed by atoms with Crippen molar-refractivity contribution in [2.75, 3.05) is 13.7 Å². The number of methoxy groups -OCH3 is 1. The van der Waals surface area contributed by atoms with E-state index in [4.69, 9.17) is 14.2 Å². The van der Waals surface area contributed by atoms with Crippen molar-refractivity contribution in [2.24, 2.45) is 4.99 Å². The Hall–Kier alpha value is -4.22. The van der Waals surface area contributed by atoms with Crippen LogP contribution in [0.2, 0.25) is 0 Å². The van der Waals surface area contributed by atoms with Gasteiger partial charge in [0.1, 0.15) is 6.61 Å². The van der Waals surface area contributed by atoms with Crippen molar-refractivity contribution in [2.45, 2.75) is 33.4 Å². The summed E-state index contributed by atoms with van der Waals surface area (Å²) in [6, 6.07) is 25.4. The number of allylic oxidation sites excluding steroid dienone is 1. The van der Waals surface area contributed by atoms with E-state index < -0.39 is 12.0 Å². The molecule has 0 bridgehead atoms. The van der Waals surface area contributed by atoms with E-state index in [9.17, 15) is 9.59 Å². The summed E-state index contributed by atoms with van der Waals surface area (Å²) in [4.78, 5) is 32.4. The van der Waals surface area contributed by atoms with Gasteiger partial charge in [0, 0.05) is 0 Å². The van der Waals surface area contributed by atoms with Gasteiger partial charge >= 0.3 is 5.97 Å². The Bertz CT molecular complexity index is 2140. The highest BCUT2D eigenvalue weighted by molar-refractivity contribution is 14.1. The van der Waals surface area contributed by atoms with E-state index in [-0.39, 0.29) is 12.2 Å². The van der Waals surface area contributed by atoms with Crippen molar-refractivity contribution < 1.29 is 19.0 Å². The van der Waals surface area contributed by atoms with E-state index >= 15 is 0 Å². The summed E-state index contributed by atoms with van der Waals surface area (Å²) in [5.74, 6) is 0.731. The summed E-state index contributed by atoms with van der Waals surface area (Å²) in [6.07, 6.45) is 1.83. The normalized spacial score (nSPS) is 14.7. The number of aromatic nitrogens is 1. The predicted octanol–water partition coefficient (Wildman–Crippen LogP) is 6.45. The SMILES string of the molecule is CCOC(=O)C1=C(C)N=c2s/c(=C\c3cc(I)c(OCc4cccc5ccccc45)c(OC)c3)c(=O)n2[C@H]1c1ccc(C)cc1. The van der Waals surface area contributed by atoms with Gasteiger partial charge in [0.15, 0.2) is 16.3 Å². The number of rotatable bonds is 8. The summed E-state index contributed by atoms with van der Waals surface area (Å²) in [5.41, 5.74) is 4.43. The van der Waals surface area contributed by atoms with E-state index in [0.717, 1.165) is 36.6 Å². The lowest BCUT2D eigenvalue weighted by molar-refractivity contribution is -0.139. The van der Waals surface area contributed by atoms with Crippen LogP contribution in [0.1, 0.15) is 42.1 Å². The zero-order valence-corrected chi connectivity index (χ0v) is 28.3. The smallest absolute Gasteiger partial charge is 0.338 e. The monoisotopic (exact) mass is 730 g/mol. The van der Waals surface area contributed by atoms with Crippen LogP contribution < -0.4 is 24.4 Å². The number of ether oxygens (including phenoxy) is 3. The molecule has 1 aromatic heterocycles. The third kappa shape index (κ3) is 6.06. The summed E-state index contributed by atoms with van der Waals surface area (Å²) >= 11 is 3.52. The second-order valence-electron chi connectivity index (χ2n) is 10.7. The highest BCUT2D eigenvalue weighted by Gasteiger charge is 2.33. The van der Waals surface area contributed by atoms with Gasteiger partial charge in [-0.3, -0.25) is 9.36 Å². The first-order chi connectivity index (χ1) is 21.8. The molecule has 1 aliphatic rings. The minimum absolute atomic E-state index is 0.225. The molecule has 1 atom stereocenters. The van der Waals surface area contributed by atoms with Crippen molar-refractivity contribution in [3.63, 3.8) is 0 Å². The maximum absolute atomic E-state index is 14.0. The highest BCUT2D eigenvalue weighted by Crippen LogP contribution is 2.35. The zero-order valence-electron chi connectivity index (χ0n) is 25.3. The lowest BCUT2D eigenvalue weighted by Crippen LogP contribution is -2.39. The van der Waals surface area contributed by atoms with Crippen LogP contribution in [0.3, 0.4) is 0 Å². The first-order valence-electron chi connectivity index (χ1n) is 14.5. The second-order valence-corrected chi connectivity index (χ2v) is 12.8.